The van der Waals surface area contributed by atoms with Gasteiger partial charge in [-0.05, 0) is 42.9 Å². The van der Waals surface area contributed by atoms with Gasteiger partial charge in [0.05, 0.1) is 16.7 Å². The number of carbonyl (C=O) groups is 3. The van der Waals surface area contributed by atoms with Crippen LogP contribution in [-0.2, 0) is 17.6 Å². The van der Waals surface area contributed by atoms with E-state index in [0.717, 1.165) is 29.7 Å². The number of hydrogen-bond donors (Lipinski definition) is 0. The molecule has 2 aromatic rings. The number of thiophene rings is 1. The Morgan fingerprint density at radius 2 is 1.92 bits per heavy atom. The van der Waals surface area contributed by atoms with Crippen molar-refractivity contribution in [2.24, 2.45) is 5.92 Å². The van der Waals surface area contributed by atoms with Gasteiger partial charge >= 0.3 is 5.97 Å². The SMILES string of the molecule is CC1CCc2c(C(=O)OCN3C(=O)c4ccccc4C3=O)csc2C1. The summed E-state index contributed by atoms with van der Waals surface area (Å²) in [6.07, 6.45) is 2.92. The zero-order valence-electron chi connectivity index (χ0n) is 13.8. The molecule has 0 radical (unpaired) electrons. The molecule has 2 aliphatic rings. The van der Waals surface area contributed by atoms with E-state index in [2.05, 4.69) is 6.92 Å². The number of nitrogens with zero attached hydrogens (tertiary/aromatic N) is 1. The van der Waals surface area contributed by atoms with Crippen LogP contribution in [0.1, 0.15) is 54.9 Å². The summed E-state index contributed by atoms with van der Waals surface area (Å²) < 4.78 is 5.29. The van der Waals surface area contributed by atoms with Gasteiger partial charge in [0.25, 0.3) is 11.8 Å². The molecule has 2 amide bonds. The van der Waals surface area contributed by atoms with Crippen LogP contribution in [0.3, 0.4) is 0 Å². The summed E-state index contributed by atoms with van der Waals surface area (Å²) >= 11 is 1.58. The van der Waals surface area contributed by atoms with Crippen molar-refractivity contribution in [2.75, 3.05) is 6.73 Å². The molecule has 0 fully saturated rings. The molecular formula is C19H17NO4S. The van der Waals surface area contributed by atoms with E-state index in [1.165, 1.54) is 4.88 Å². The van der Waals surface area contributed by atoms with Gasteiger partial charge in [-0.3, -0.25) is 9.59 Å². The summed E-state index contributed by atoms with van der Waals surface area (Å²) in [5.41, 5.74) is 2.34. The first-order valence-corrected chi connectivity index (χ1v) is 9.16. The zero-order valence-corrected chi connectivity index (χ0v) is 14.6. The Kier molecular flexibility index (Phi) is 3.92. The maximum absolute atomic E-state index is 12.4. The Hall–Kier alpha value is -2.47. The number of hydrogen-bond acceptors (Lipinski definition) is 5. The molecule has 2 heterocycles. The van der Waals surface area contributed by atoms with Crippen LogP contribution in [0, 0.1) is 5.92 Å². The molecule has 0 spiro atoms. The normalized spacial score (nSPS) is 18.9. The molecule has 1 aliphatic heterocycles. The predicted octanol–water partition coefficient (Wildman–Crippen LogP) is 3.28. The fourth-order valence-electron chi connectivity index (χ4n) is 3.41. The highest BCUT2D eigenvalue weighted by atomic mass is 32.1. The lowest BCUT2D eigenvalue weighted by Gasteiger charge is -2.19. The zero-order chi connectivity index (χ0) is 17.6. The number of esters is 1. The van der Waals surface area contributed by atoms with Gasteiger partial charge in [0, 0.05) is 10.3 Å². The smallest absolute Gasteiger partial charge is 0.341 e. The maximum atomic E-state index is 12.4. The molecule has 0 saturated heterocycles. The van der Waals surface area contributed by atoms with Gasteiger partial charge in [0.2, 0.25) is 0 Å². The number of amides is 2. The highest BCUT2D eigenvalue weighted by Gasteiger charge is 2.36. The van der Waals surface area contributed by atoms with Crippen LogP contribution in [0.15, 0.2) is 29.6 Å². The number of carbonyl (C=O) groups excluding carboxylic acids is 3. The van der Waals surface area contributed by atoms with Crippen molar-refractivity contribution >= 4 is 29.1 Å². The fraction of sp³-hybridized carbons (Fsp3) is 0.316. The third-order valence-corrected chi connectivity index (χ3v) is 5.88. The molecule has 0 N–H and O–H groups in total. The van der Waals surface area contributed by atoms with Crippen molar-refractivity contribution in [1.29, 1.82) is 0 Å². The third kappa shape index (κ3) is 2.66. The summed E-state index contributed by atoms with van der Waals surface area (Å²) in [5, 5.41) is 1.83. The Balaban J connectivity index is 1.47. The molecule has 6 heteroatoms. The number of imide groups is 1. The topological polar surface area (TPSA) is 63.7 Å². The van der Waals surface area contributed by atoms with Gasteiger partial charge in [0.15, 0.2) is 6.73 Å². The molecular weight excluding hydrogens is 338 g/mol. The Morgan fingerprint density at radius 1 is 1.24 bits per heavy atom. The summed E-state index contributed by atoms with van der Waals surface area (Å²) in [7, 11) is 0. The standard InChI is InChI=1S/C19H17NO4S/c1-11-6-7-12-15(9-25-16(12)8-11)19(23)24-10-20-17(21)13-4-2-3-5-14(13)18(20)22/h2-5,9,11H,6-8,10H2,1H3. The van der Waals surface area contributed by atoms with Crippen LogP contribution in [0.5, 0.6) is 0 Å². The molecule has 0 saturated carbocycles. The quantitative estimate of drug-likeness (QED) is 0.626. The second-order valence-corrected chi connectivity index (χ2v) is 7.51. The average molecular weight is 355 g/mol. The highest BCUT2D eigenvalue weighted by Crippen LogP contribution is 2.33. The Bertz CT molecular complexity index is 850. The minimum absolute atomic E-state index is 0.352. The van der Waals surface area contributed by atoms with Crippen LogP contribution in [0.4, 0.5) is 0 Å². The third-order valence-electron chi connectivity index (χ3n) is 4.82. The van der Waals surface area contributed by atoms with Crippen LogP contribution < -0.4 is 0 Å². The van der Waals surface area contributed by atoms with Crippen molar-refractivity contribution in [3.8, 4) is 0 Å². The van der Waals surface area contributed by atoms with E-state index in [-0.39, 0.29) is 6.73 Å². The van der Waals surface area contributed by atoms with E-state index in [9.17, 15) is 14.4 Å². The average Bonchev–Trinajstić information content (AvgIpc) is 3.13. The lowest BCUT2D eigenvalue weighted by molar-refractivity contribution is 0.0227. The van der Waals surface area contributed by atoms with Gasteiger partial charge < -0.3 is 4.74 Å². The molecule has 1 aromatic heterocycles. The van der Waals surface area contributed by atoms with E-state index < -0.39 is 17.8 Å². The first-order valence-electron chi connectivity index (χ1n) is 8.28. The van der Waals surface area contributed by atoms with Crippen LogP contribution in [0.25, 0.3) is 0 Å². The summed E-state index contributed by atoms with van der Waals surface area (Å²) in [6, 6.07) is 6.62. The molecule has 4 rings (SSSR count). The summed E-state index contributed by atoms with van der Waals surface area (Å²) in [6.45, 7) is 1.86. The van der Waals surface area contributed by atoms with Crippen molar-refractivity contribution < 1.29 is 19.1 Å². The molecule has 1 aromatic carbocycles. The van der Waals surface area contributed by atoms with Gasteiger partial charge in [0.1, 0.15) is 0 Å². The minimum atomic E-state index is -0.469. The highest BCUT2D eigenvalue weighted by molar-refractivity contribution is 7.10. The monoisotopic (exact) mass is 355 g/mol. The number of fused-ring (bicyclic) bond motifs is 2. The van der Waals surface area contributed by atoms with E-state index >= 15 is 0 Å². The number of benzene rings is 1. The second-order valence-electron chi connectivity index (χ2n) is 6.54. The molecule has 5 nitrogen and oxygen atoms in total. The van der Waals surface area contributed by atoms with Gasteiger partial charge in [-0.25, -0.2) is 9.69 Å². The van der Waals surface area contributed by atoms with E-state index in [1.807, 2.05) is 5.38 Å². The van der Waals surface area contributed by atoms with Crippen molar-refractivity contribution in [3.05, 3.63) is 56.8 Å². The van der Waals surface area contributed by atoms with Crippen LogP contribution in [-0.4, -0.2) is 29.4 Å². The van der Waals surface area contributed by atoms with Crippen molar-refractivity contribution in [2.45, 2.75) is 26.2 Å². The van der Waals surface area contributed by atoms with E-state index in [4.69, 9.17) is 4.74 Å². The Labute approximate surface area is 149 Å². The molecule has 1 atom stereocenters. The lowest BCUT2D eigenvalue weighted by atomic mass is 9.88. The van der Waals surface area contributed by atoms with Gasteiger partial charge in [-0.2, -0.15) is 0 Å². The van der Waals surface area contributed by atoms with Crippen LogP contribution >= 0.6 is 11.3 Å². The maximum Gasteiger partial charge on any atom is 0.341 e. The number of rotatable bonds is 3. The van der Waals surface area contributed by atoms with Gasteiger partial charge in [-0.1, -0.05) is 19.1 Å². The van der Waals surface area contributed by atoms with Crippen molar-refractivity contribution in [1.82, 2.24) is 4.90 Å². The minimum Gasteiger partial charge on any atom is -0.440 e. The lowest BCUT2D eigenvalue weighted by Crippen LogP contribution is -2.33. The van der Waals surface area contributed by atoms with E-state index in [1.54, 1.807) is 35.6 Å². The van der Waals surface area contributed by atoms with E-state index in [0.29, 0.717) is 22.6 Å². The largest absolute Gasteiger partial charge is 0.440 e. The summed E-state index contributed by atoms with van der Waals surface area (Å²) in [5.74, 6) is -0.680. The molecule has 0 bridgehead atoms. The molecule has 1 aliphatic carbocycles. The van der Waals surface area contributed by atoms with Gasteiger partial charge in [-0.15, -0.1) is 11.3 Å². The summed E-state index contributed by atoms with van der Waals surface area (Å²) in [4.78, 5) is 39.2. The first kappa shape index (κ1) is 16.0. The molecule has 1 unspecified atom stereocenters. The first-order chi connectivity index (χ1) is 12.1. The second kappa shape index (κ2) is 6.11. The fourth-order valence-corrected chi connectivity index (χ4v) is 4.64. The Morgan fingerprint density at radius 3 is 2.60 bits per heavy atom. The molecule has 128 valence electrons. The number of ether oxygens (including phenoxy) is 1. The van der Waals surface area contributed by atoms with Crippen molar-refractivity contribution in [3.63, 3.8) is 0 Å². The van der Waals surface area contributed by atoms with Crippen LogP contribution in [0.2, 0.25) is 0 Å². The molecule has 25 heavy (non-hydrogen) atoms. The predicted molar refractivity (Wildman–Crippen MR) is 92.7 cm³/mol.